The van der Waals surface area contributed by atoms with E-state index in [-0.39, 0.29) is 6.10 Å². The SMILES string of the molecule is Cc1c(C)c(OCCCC(C)(C)C)c(CCC(C)O)c(C)c1O. The fourth-order valence-electron chi connectivity index (χ4n) is 2.80. The van der Waals surface area contributed by atoms with Crippen molar-refractivity contribution >= 4 is 0 Å². The third-order valence-corrected chi connectivity index (χ3v) is 4.47. The summed E-state index contributed by atoms with van der Waals surface area (Å²) in [7, 11) is 0. The van der Waals surface area contributed by atoms with Crippen LogP contribution in [0.1, 0.15) is 69.2 Å². The number of aromatic hydroxyl groups is 1. The molecule has 0 aromatic heterocycles. The van der Waals surface area contributed by atoms with Gasteiger partial charge in [-0.2, -0.15) is 0 Å². The number of benzene rings is 1. The number of hydrogen-bond donors (Lipinski definition) is 2. The van der Waals surface area contributed by atoms with Gasteiger partial charge in [0.15, 0.2) is 0 Å². The van der Waals surface area contributed by atoms with Crippen molar-refractivity contribution in [2.24, 2.45) is 5.41 Å². The zero-order chi connectivity index (χ0) is 17.8. The summed E-state index contributed by atoms with van der Waals surface area (Å²) in [4.78, 5) is 0. The molecule has 0 radical (unpaired) electrons. The van der Waals surface area contributed by atoms with Crippen LogP contribution >= 0.6 is 0 Å². The van der Waals surface area contributed by atoms with Gasteiger partial charge < -0.3 is 14.9 Å². The zero-order valence-corrected chi connectivity index (χ0v) is 15.9. The Labute approximate surface area is 141 Å². The smallest absolute Gasteiger partial charge is 0.126 e. The second-order valence-electron chi connectivity index (χ2n) is 7.93. The Balaban J connectivity index is 2.98. The number of aliphatic hydroxyl groups excluding tert-OH is 1. The van der Waals surface area contributed by atoms with Crippen molar-refractivity contribution in [3.63, 3.8) is 0 Å². The summed E-state index contributed by atoms with van der Waals surface area (Å²) < 4.78 is 6.12. The van der Waals surface area contributed by atoms with Crippen LogP contribution in [-0.2, 0) is 6.42 Å². The molecule has 0 saturated heterocycles. The third-order valence-electron chi connectivity index (χ3n) is 4.47. The quantitative estimate of drug-likeness (QED) is 0.706. The maximum atomic E-state index is 10.3. The van der Waals surface area contributed by atoms with Gasteiger partial charge in [-0.15, -0.1) is 0 Å². The Morgan fingerprint density at radius 3 is 2.17 bits per heavy atom. The Morgan fingerprint density at radius 2 is 1.65 bits per heavy atom. The highest BCUT2D eigenvalue weighted by Gasteiger charge is 2.19. The summed E-state index contributed by atoms with van der Waals surface area (Å²) in [6.07, 6.45) is 3.16. The molecule has 1 unspecified atom stereocenters. The number of hydrogen-bond acceptors (Lipinski definition) is 3. The lowest BCUT2D eigenvalue weighted by Crippen LogP contribution is -2.11. The largest absolute Gasteiger partial charge is 0.507 e. The van der Waals surface area contributed by atoms with E-state index in [1.165, 1.54) is 0 Å². The van der Waals surface area contributed by atoms with Gasteiger partial charge in [0.05, 0.1) is 12.7 Å². The normalized spacial score (nSPS) is 13.2. The van der Waals surface area contributed by atoms with Crippen molar-refractivity contribution in [3.05, 3.63) is 22.3 Å². The zero-order valence-electron chi connectivity index (χ0n) is 15.9. The maximum absolute atomic E-state index is 10.3. The summed E-state index contributed by atoms with van der Waals surface area (Å²) in [6.45, 7) is 15.0. The fourth-order valence-corrected chi connectivity index (χ4v) is 2.80. The van der Waals surface area contributed by atoms with Crippen molar-refractivity contribution < 1.29 is 14.9 Å². The minimum absolute atomic E-state index is 0.314. The van der Waals surface area contributed by atoms with Crippen molar-refractivity contribution in [1.29, 1.82) is 0 Å². The van der Waals surface area contributed by atoms with Gasteiger partial charge in [0, 0.05) is 5.56 Å². The highest BCUT2D eigenvalue weighted by atomic mass is 16.5. The van der Waals surface area contributed by atoms with Gasteiger partial charge >= 0.3 is 0 Å². The van der Waals surface area contributed by atoms with Gasteiger partial charge in [0.25, 0.3) is 0 Å². The molecular formula is C20H34O3. The Hall–Kier alpha value is -1.22. The van der Waals surface area contributed by atoms with Gasteiger partial charge in [0.1, 0.15) is 11.5 Å². The average Bonchev–Trinajstić information content (AvgIpc) is 2.44. The Morgan fingerprint density at radius 1 is 1.04 bits per heavy atom. The van der Waals surface area contributed by atoms with Gasteiger partial charge in [-0.3, -0.25) is 0 Å². The standard InChI is InChI=1S/C20H34O3/c1-13(21)9-10-17-16(4)18(22)14(2)15(3)19(17)23-12-8-11-20(5,6)7/h13,21-22H,8-12H2,1-7H3. The highest BCUT2D eigenvalue weighted by Crippen LogP contribution is 2.38. The molecule has 0 aliphatic heterocycles. The lowest BCUT2D eigenvalue weighted by Gasteiger charge is -2.22. The molecule has 3 nitrogen and oxygen atoms in total. The van der Waals surface area contributed by atoms with Crippen LogP contribution in [0.2, 0.25) is 0 Å². The van der Waals surface area contributed by atoms with Crippen LogP contribution in [0.5, 0.6) is 11.5 Å². The molecule has 0 aliphatic carbocycles. The first-order chi connectivity index (χ1) is 10.5. The second kappa shape index (κ2) is 8.05. The maximum Gasteiger partial charge on any atom is 0.126 e. The van der Waals surface area contributed by atoms with E-state index in [1.807, 2.05) is 20.8 Å². The van der Waals surface area contributed by atoms with Crippen LogP contribution < -0.4 is 4.74 Å². The summed E-state index contributed by atoms with van der Waals surface area (Å²) in [5.74, 6) is 1.25. The van der Waals surface area contributed by atoms with Crippen LogP contribution in [0, 0.1) is 26.2 Å². The molecule has 23 heavy (non-hydrogen) atoms. The van der Waals surface area contributed by atoms with Gasteiger partial charge in [-0.05, 0) is 75.5 Å². The first-order valence-electron chi connectivity index (χ1n) is 8.67. The molecular weight excluding hydrogens is 288 g/mol. The van der Waals surface area contributed by atoms with Crippen molar-refractivity contribution in [2.75, 3.05) is 6.61 Å². The van der Waals surface area contributed by atoms with Crippen molar-refractivity contribution in [2.45, 2.75) is 80.3 Å². The number of phenols is 1. The first kappa shape index (κ1) is 19.8. The monoisotopic (exact) mass is 322 g/mol. The minimum atomic E-state index is -0.355. The lowest BCUT2D eigenvalue weighted by molar-refractivity contribution is 0.184. The van der Waals surface area contributed by atoms with Crippen LogP contribution in [0.15, 0.2) is 0 Å². The molecule has 0 spiro atoms. The molecule has 0 saturated carbocycles. The van der Waals surface area contributed by atoms with Gasteiger partial charge in [-0.25, -0.2) is 0 Å². The average molecular weight is 322 g/mol. The third kappa shape index (κ3) is 5.72. The summed E-state index contributed by atoms with van der Waals surface area (Å²) >= 11 is 0. The molecule has 132 valence electrons. The molecule has 0 bridgehead atoms. The Bertz CT molecular complexity index is 525. The predicted octanol–water partition coefficient (Wildman–Crippen LogP) is 4.84. The fraction of sp³-hybridized carbons (Fsp3) is 0.700. The van der Waals surface area contributed by atoms with Crippen LogP contribution in [-0.4, -0.2) is 22.9 Å². The molecule has 1 aromatic rings. The molecule has 0 amide bonds. The van der Waals surface area contributed by atoms with Crippen LogP contribution in [0.25, 0.3) is 0 Å². The molecule has 0 aliphatic rings. The summed E-state index contributed by atoms with van der Waals surface area (Å²) in [5, 5.41) is 19.9. The number of phenolic OH excluding ortho intramolecular Hbond substituents is 1. The highest BCUT2D eigenvalue weighted by molar-refractivity contribution is 5.57. The first-order valence-corrected chi connectivity index (χ1v) is 8.67. The molecule has 1 aromatic carbocycles. The van der Waals surface area contributed by atoms with Crippen LogP contribution in [0.3, 0.4) is 0 Å². The van der Waals surface area contributed by atoms with Gasteiger partial charge in [0.2, 0.25) is 0 Å². The summed E-state index contributed by atoms with van der Waals surface area (Å²) in [6, 6.07) is 0. The number of rotatable bonds is 7. The number of aliphatic hydroxyl groups is 1. The van der Waals surface area contributed by atoms with E-state index in [9.17, 15) is 10.2 Å². The van der Waals surface area contributed by atoms with E-state index in [4.69, 9.17) is 4.74 Å². The van der Waals surface area contributed by atoms with Gasteiger partial charge in [-0.1, -0.05) is 20.8 Å². The minimum Gasteiger partial charge on any atom is -0.507 e. The van der Waals surface area contributed by atoms with E-state index in [0.29, 0.717) is 30.6 Å². The molecule has 0 fully saturated rings. The molecule has 1 atom stereocenters. The molecule has 1 rings (SSSR count). The van der Waals surface area contributed by atoms with E-state index in [1.54, 1.807) is 6.92 Å². The van der Waals surface area contributed by atoms with E-state index in [2.05, 4.69) is 20.8 Å². The summed E-state index contributed by atoms with van der Waals surface area (Å²) in [5.41, 5.74) is 4.11. The molecule has 2 N–H and O–H groups in total. The topological polar surface area (TPSA) is 49.7 Å². The Kier molecular flexibility index (Phi) is 6.94. The second-order valence-corrected chi connectivity index (χ2v) is 7.93. The van der Waals surface area contributed by atoms with E-state index >= 15 is 0 Å². The predicted molar refractivity (Wildman–Crippen MR) is 96.5 cm³/mol. The number of ether oxygens (including phenoxy) is 1. The van der Waals surface area contributed by atoms with Crippen molar-refractivity contribution in [1.82, 2.24) is 0 Å². The van der Waals surface area contributed by atoms with E-state index < -0.39 is 0 Å². The van der Waals surface area contributed by atoms with Crippen molar-refractivity contribution in [3.8, 4) is 11.5 Å². The molecule has 0 heterocycles. The van der Waals surface area contributed by atoms with Crippen LogP contribution in [0.4, 0.5) is 0 Å². The van der Waals surface area contributed by atoms with E-state index in [0.717, 1.165) is 40.8 Å². The molecule has 3 heteroatoms. The lowest BCUT2D eigenvalue weighted by atomic mass is 9.91.